The van der Waals surface area contributed by atoms with E-state index in [1.165, 1.54) is 27.2 Å². The lowest BCUT2D eigenvalue weighted by Crippen LogP contribution is -2.21. The topological polar surface area (TPSA) is 106 Å². The van der Waals surface area contributed by atoms with Crippen molar-refractivity contribution in [3.05, 3.63) is 93.2 Å². The second-order valence-electron chi connectivity index (χ2n) is 9.00. The fourth-order valence-electron chi connectivity index (χ4n) is 4.07. The van der Waals surface area contributed by atoms with Crippen LogP contribution in [0.2, 0.25) is 0 Å². The van der Waals surface area contributed by atoms with Crippen molar-refractivity contribution >= 4 is 23.1 Å². The molecule has 0 aromatic heterocycles. The van der Waals surface area contributed by atoms with Crippen molar-refractivity contribution in [2.24, 2.45) is 0 Å². The zero-order valence-corrected chi connectivity index (χ0v) is 23.6. The first-order valence-electron chi connectivity index (χ1n) is 12.7. The number of carbonyl (C=O) groups is 2. The summed E-state index contributed by atoms with van der Waals surface area (Å²) < 4.78 is 73.7. The number of hydrogen-bond donors (Lipinski definition) is 3. The lowest BCUT2D eigenvalue weighted by molar-refractivity contribution is -0.138. The van der Waals surface area contributed by atoms with Gasteiger partial charge in [0.05, 0.1) is 38.7 Å². The normalized spacial score (nSPS) is 11.2. The molecule has 0 fully saturated rings. The molecule has 0 unspecified atom stereocenters. The Bertz CT molecular complexity index is 1510. The molecule has 0 saturated heterocycles. The van der Waals surface area contributed by atoms with Gasteiger partial charge in [-0.3, -0.25) is 4.79 Å². The maximum atomic E-state index is 14.9. The van der Waals surface area contributed by atoms with E-state index in [4.69, 9.17) is 14.2 Å². The van der Waals surface area contributed by atoms with E-state index in [0.29, 0.717) is 17.1 Å². The van der Waals surface area contributed by atoms with E-state index in [-0.39, 0.29) is 30.1 Å². The summed E-state index contributed by atoms with van der Waals surface area (Å²) in [6.45, 7) is 2.78. The standard InChI is InChI=1S/C30H30F4N2O6/c1-6-42-30(39)20(29(38)25-15(2)27(33)28(34)16(3)26(25)32)13-36-22-11-23(21(31)9-18(22)14-37)35-12-17-7-8-19(40-4)10-24(17)41-5/h7-11,13,35-37H,6,12,14H2,1-5H3. The Morgan fingerprint density at radius 1 is 0.905 bits per heavy atom. The largest absolute Gasteiger partial charge is 0.497 e. The van der Waals surface area contributed by atoms with Crippen LogP contribution in [0.25, 0.3) is 0 Å². The van der Waals surface area contributed by atoms with Gasteiger partial charge in [-0.05, 0) is 45.0 Å². The van der Waals surface area contributed by atoms with E-state index < -0.39 is 63.9 Å². The number of halogens is 4. The van der Waals surface area contributed by atoms with Crippen LogP contribution in [0, 0.1) is 37.1 Å². The predicted octanol–water partition coefficient (Wildman–Crippen LogP) is 5.72. The van der Waals surface area contributed by atoms with Crippen LogP contribution in [-0.4, -0.2) is 37.7 Å². The number of nitrogens with one attached hydrogen (secondary N) is 2. The molecule has 0 spiro atoms. The highest BCUT2D eigenvalue weighted by molar-refractivity contribution is 6.25. The Morgan fingerprint density at radius 2 is 1.60 bits per heavy atom. The zero-order chi connectivity index (χ0) is 31.1. The number of aliphatic hydroxyl groups is 1. The van der Waals surface area contributed by atoms with Crippen molar-refractivity contribution < 1.29 is 46.5 Å². The highest BCUT2D eigenvalue weighted by Gasteiger charge is 2.30. The van der Waals surface area contributed by atoms with Crippen molar-refractivity contribution in [3.63, 3.8) is 0 Å². The summed E-state index contributed by atoms with van der Waals surface area (Å²) in [5.41, 5.74) is -2.15. The predicted molar refractivity (Wildman–Crippen MR) is 148 cm³/mol. The Kier molecular flexibility index (Phi) is 10.5. The Balaban J connectivity index is 2.00. The molecule has 0 radical (unpaired) electrons. The van der Waals surface area contributed by atoms with Crippen LogP contribution in [0.3, 0.4) is 0 Å². The third-order valence-corrected chi connectivity index (χ3v) is 6.44. The van der Waals surface area contributed by atoms with E-state index in [0.717, 1.165) is 26.1 Å². The van der Waals surface area contributed by atoms with Gasteiger partial charge in [-0.25, -0.2) is 22.4 Å². The molecule has 0 amide bonds. The van der Waals surface area contributed by atoms with Crippen molar-refractivity contribution in [1.82, 2.24) is 0 Å². The van der Waals surface area contributed by atoms with E-state index in [1.54, 1.807) is 18.2 Å². The molecule has 0 aliphatic rings. The van der Waals surface area contributed by atoms with E-state index in [9.17, 15) is 32.3 Å². The van der Waals surface area contributed by atoms with Gasteiger partial charge in [0.1, 0.15) is 28.7 Å². The van der Waals surface area contributed by atoms with Gasteiger partial charge in [0.25, 0.3) is 0 Å². The molecule has 0 heterocycles. The summed E-state index contributed by atoms with van der Waals surface area (Å²) in [4.78, 5) is 26.0. The third kappa shape index (κ3) is 6.65. The Labute approximate surface area is 239 Å². The monoisotopic (exact) mass is 590 g/mol. The molecule has 3 aromatic rings. The molecule has 42 heavy (non-hydrogen) atoms. The van der Waals surface area contributed by atoms with Crippen LogP contribution in [0.1, 0.15) is 39.5 Å². The first kappa shape index (κ1) is 31.9. The Hall–Kier alpha value is -4.58. The highest BCUT2D eigenvalue weighted by Crippen LogP contribution is 2.30. The molecule has 224 valence electrons. The smallest absolute Gasteiger partial charge is 0.343 e. The number of esters is 1. The summed E-state index contributed by atoms with van der Waals surface area (Å²) in [6, 6.07) is 7.42. The number of anilines is 2. The van der Waals surface area contributed by atoms with Gasteiger partial charge < -0.3 is 30.0 Å². The average Bonchev–Trinajstić information content (AvgIpc) is 2.98. The minimum absolute atomic E-state index is 0.0110. The van der Waals surface area contributed by atoms with Crippen LogP contribution in [0.15, 0.2) is 42.1 Å². The number of carbonyl (C=O) groups excluding carboxylic acids is 2. The van der Waals surface area contributed by atoms with E-state index in [2.05, 4.69) is 10.6 Å². The van der Waals surface area contributed by atoms with Crippen molar-refractivity contribution in [3.8, 4) is 11.5 Å². The summed E-state index contributed by atoms with van der Waals surface area (Å²) >= 11 is 0. The number of methoxy groups -OCH3 is 2. The molecule has 3 rings (SSSR count). The SMILES string of the molecule is CCOC(=O)C(=CNc1cc(NCc2ccc(OC)cc2OC)c(F)cc1CO)C(=O)c1c(C)c(F)c(F)c(C)c1F. The first-order chi connectivity index (χ1) is 20.0. The third-order valence-electron chi connectivity index (χ3n) is 6.44. The molecule has 0 aliphatic heterocycles. The molecule has 0 atom stereocenters. The summed E-state index contributed by atoms with van der Waals surface area (Å²) in [7, 11) is 2.98. The lowest BCUT2D eigenvalue weighted by Gasteiger charge is -2.16. The van der Waals surface area contributed by atoms with Crippen LogP contribution in [-0.2, 0) is 22.7 Å². The van der Waals surface area contributed by atoms with Crippen molar-refractivity contribution in [1.29, 1.82) is 0 Å². The quantitative estimate of drug-likeness (QED) is 0.0468. The molecule has 3 N–H and O–H groups in total. The molecular formula is C30H30F4N2O6. The van der Waals surface area contributed by atoms with Gasteiger partial charge in [0.15, 0.2) is 11.6 Å². The maximum absolute atomic E-state index is 14.9. The van der Waals surface area contributed by atoms with E-state index in [1.807, 2.05) is 0 Å². The zero-order valence-electron chi connectivity index (χ0n) is 23.6. The van der Waals surface area contributed by atoms with Gasteiger partial charge in [0.2, 0.25) is 5.78 Å². The van der Waals surface area contributed by atoms with Crippen LogP contribution in [0.4, 0.5) is 28.9 Å². The molecule has 8 nitrogen and oxygen atoms in total. The van der Waals surface area contributed by atoms with E-state index >= 15 is 0 Å². The summed E-state index contributed by atoms with van der Waals surface area (Å²) in [6.07, 6.45) is 0.873. The number of aliphatic hydroxyl groups excluding tert-OH is 1. The fourth-order valence-corrected chi connectivity index (χ4v) is 4.07. The van der Waals surface area contributed by atoms with Gasteiger partial charge in [-0.2, -0.15) is 0 Å². The second kappa shape index (κ2) is 13.9. The summed E-state index contributed by atoms with van der Waals surface area (Å²) in [5.74, 6) is -6.31. The second-order valence-corrected chi connectivity index (χ2v) is 9.00. The van der Waals surface area contributed by atoms with Crippen molar-refractivity contribution in [2.75, 3.05) is 31.5 Å². The number of Topliss-reactive ketones (excluding diaryl/α,β-unsaturated/α-hetero) is 1. The summed E-state index contributed by atoms with van der Waals surface area (Å²) in [5, 5.41) is 15.4. The molecular weight excluding hydrogens is 560 g/mol. The number of rotatable bonds is 12. The number of benzene rings is 3. The minimum atomic E-state index is -1.45. The van der Waals surface area contributed by atoms with Crippen LogP contribution < -0.4 is 20.1 Å². The Morgan fingerprint density at radius 3 is 2.21 bits per heavy atom. The fraction of sp³-hybridized carbons (Fsp3) is 0.267. The molecule has 12 heteroatoms. The van der Waals surface area contributed by atoms with Gasteiger partial charge in [-0.1, -0.05) is 0 Å². The number of ketones is 1. The molecule has 0 bridgehead atoms. The van der Waals surface area contributed by atoms with Gasteiger partial charge >= 0.3 is 5.97 Å². The minimum Gasteiger partial charge on any atom is -0.497 e. The number of hydrogen-bond acceptors (Lipinski definition) is 8. The number of ether oxygens (including phenoxy) is 3. The molecule has 0 aliphatic carbocycles. The van der Waals surface area contributed by atoms with Crippen molar-refractivity contribution in [2.45, 2.75) is 33.9 Å². The maximum Gasteiger partial charge on any atom is 0.343 e. The van der Waals surface area contributed by atoms with Gasteiger partial charge in [-0.15, -0.1) is 0 Å². The molecule has 3 aromatic carbocycles. The van der Waals surface area contributed by atoms with Crippen LogP contribution >= 0.6 is 0 Å². The highest BCUT2D eigenvalue weighted by atomic mass is 19.2. The average molecular weight is 591 g/mol. The van der Waals surface area contributed by atoms with Gasteiger partial charge in [0, 0.05) is 46.8 Å². The lowest BCUT2D eigenvalue weighted by atomic mass is 9.95. The molecule has 0 saturated carbocycles. The first-order valence-corrected chi connectivity index (χ1v) is 12.7. The van der Waals surface area contributed by atoms with Crippen LogP contribution in [0.5, 0.6) is 11.5 Å².